The van der Waals surface area contributed by atoms with E-state index in [0.717, 1.165) is 12.5 Å². The van der Waals surface area contributed by atoms with Crippen molar-refractivity contribution in [3.05, 3.63) is 59.7 Å². The molecule has 2 aromatic rings. The standard InChI is InChI=1S/C28H41N3O8S2/c1-27(2,3)23(17-38-40(7,34)35)30-25(32)19-13-9-11-15-21(19)29-22-16-12-10-14-20(22)26(33)31-24(28(4,5)6)18-39-41(8,36)37/h9-16,23-24,29H,17-18H2,1-8H3,(H,30,32)(H,31,33)/t23-,24-/m1/s1. The van der Waals surface area contributed by atoms with Crippen LogP contribution in [0.1, 0.15) is 62.3 Å². The number of para-hydroxylation sites is 2. The molecular formula is C28H41N3O8S2. The Morgan fingerprint density at radius 2 is 0.976 bits per heavy atom. The normalized spacial score (nSPS) is 14.1. The van der Waals surface area contributed by atoms with Crippen LogP contribution < -0.4 is 16.0 Å². The van der Waals surface area contributed by atoms with Crippen molar-refractivity contribution < 1.29 is 34.8 Å². The zero-order valence-electron chi connectivity index (χ0n) is 24.8. The van der Waals surface area contributed by atoms with Crippen LogP contribution in [0.3, 0.4) is 0 Å². The van der Waals surface area contributed by atoms with Gasteiger partial charge in [-0.2, -0.15) is 16.8 Å². The molecule has 11 nitrogen and oxygen atoms in total. The largest absolute Gasteiger partial charge is 0.354 e. The maximum Gasteiger partial charge on any atom is 0.264 e. The summed E-state index contributed by atoms with van der Waals surface area (Å²) < 4.78 is 56.2. The fourth-order valence-corrected chi connectivity index (χ4v) is 4.36. The smallest absolute Gasteiger partial charge is 0.264 e. The second-order valence-corrected chi connectivity index (χ2v) is 15.3. The lowest BCUT2D eigenvalue weighted by Crippen LogP contribution is -2.47. The molecule has 0 saturated carbocycles. The lowest BCUT2D eigenvalue weighted by atomic mass is 9.87. The number of hydrogen-bond donors (Lipinski definition) is 3. The summed E-state index contributed by atoms with van der Waals surface area (Å²) in [6, 6.07) is 12.2. The molecule has 3 N–H and O–H groups in total. The molecule has 13 heteroatoms. The number of nitrogens with one attached hydrogen (secondary N) is 3. The average Bonchev–Trinajstić information content (AvgIpc) is 2.82. The Bertz CT molecular complexity index is 1330. The highest BCUT2D eigenvalue weighted by Crippen LogP contribution is 2.27. The van der Waals surface area contributed by atoms with Crippen LogP contribution in [0.15, 0.2) is 48.5 Å². The molecular weight excluding hydrogens is 570 g/mol. The van der Waals surface area contributed by atoms with Gasteiger partial charge >= 0.3 is 0 Å². The first-order valence-electron chi connectivity index (χ1n) is 12.9. The summed E-state index contributed by atoms with van der Waals surface area (Å²) in [7, 11) is -7.42. The fourth-order valence-electron chi connectivity index (χ4n) is 3.60. The molecule has 0 unspecified atom stereocenters. The van der Waals surface area contributed by atoms with Crippen molar-refractivity contribution >= 4 is 43.4 Å². The summed E-state index contributed by atoms with van der Waals surface area (Å²) in [5.41, 5.74) is 0.329. The Hall–Kier alpha value is -3.00. The summed E-state index contributed by atoms with van der Waals surface area (Å²) in [5, 5.41) is 8.90. The number of benzene rings is 2. The molecule has 2 amide bonds. The number of anilines is 2. The summed E-state index contributed by atoms with van der Waals surface area (Å²) in [6.07, 6.45) is 1.90. The van der Waals surface area contributed by atoms with Crippen LogP contribution in [0, 0.1) is 10.8 Å². The maximum absolute atomic E-state index is 13.4. The third-order valence-corrected chi connectivity index (χ3v) is 7.34. The van der Waals surface area contributed by atoms with Crippen LogP contribution in [0.4, 0.5) is 11.4 Å². The molecule has 0 fully saturated rings. The van der Waals surface area contributed by atoms with Gasteiger partial charge in [-0.05, 0) is 35.1 Å². The third kappa shape index (κ3) is 11.4. The van der Waals surface area contributed by atoms with E-state index in [4.69, 9.17) is 8.37 Å². The van der Waals surface area contributed by atoms with E-state index in [-0.39, 0.29) is 24.3 Å². The number of carbonyl (C=O) groups is 2. The van der Waals surface area contributed by atoms with Gasteiger partial charge in [0.05, 0.1) is 60.3 Å². The van der Waals surface area contributed by atoms with Gasteiger partial charge in [-0.15, -0.1) is 0 Å². The van der Waals surface area contributed by atoms with Gasteiger partial charge in [0.2, 0.25) is 0 Å². The van der Waals surface area contributed by atoms with E-state index < -0.39 is 55.0 Å². The van der Waals surface area contributed by atoms with Gasteiger partial charge in [-0.3, -0.25) is 18.0 Å². The zero-order valence-corrected chi connectivity index (χ0v) is 26.4. The van der Waals surface area contributed by atoms with E-state index >= 15 is 0 Å². The lowest BCUT2D eigenvalue weighted by Gasteiger charge is -2.31. The maximum atomic E-state index is 13.4. The van der Waals surface area contributed by atoms with Gasteiger partial charge in [0.15, 0.2) is 0 Å². The highest BCUT2D eigenvalue weighted by molar-refractivity contribution is 7.86. The minimum atomic E-state index is -3.71. The number of rotatable bonds is 12. The quantitative estimate of drug-likeness (QED) is 0.305. The molecule has 2 atom stereocenters. The van der Waals surface area contributed by atoms with Crippen LogP contribution in [-0.4, -0.2) is 66.5 Å². The summed E-state index contributed by atoms with van der Waals surface area (Å²) in [6.45, 7) is 10.7. The molecule has 0 aliphatic heterocycles. The van der Waals surface area contributed by atoms with Gasteiger partial charge < -0.3 is 16.0 Å². The van der Waals surface area contributed by atoms with Crippen molar-refractivity contribution in [2.45, 2.75) is 53.6 Å². The van der Waals surface area contributed by atoms with Crippen molar-refractivity contribution in [1.82, 2.24) is 10.6 Å². The first-order valence-corrected chi connectivity index (χ1v) is 16.6. The van der Waals surface area contributed by atoms with E-state index in [9.17, 15) is 26.4 Å². The van der Waals surface area contributed by atoms with Crippen LogP contribution in [0.5, 0.6) is 0 Å². The van der Waals surface area contributed by atoms with Crippen molar-refractivity contribution in [2.75, 3.05) is 31.0 Å². The molecule has 0 bridgehead atoms. The molecule has 41 heavy (non-hydrogen) atoms. The molecule has 2 rings (SSSR count). The summed E-state index contributed by atoms with van der Waals surface area (Å²) >= 11 is 0. The molecule has 0 radical (unpaired) electrons. The van der Waals surface area contributed by atoms with Gasteiger partial charge in [0.1, 0.15) is 0 Å². The van der Waals surface area contributed by atoms with Crippen molar-refractivity contribution in [1.29, 1.82) is 0 Å². The molecule has 0 aliphatic rings. The second kappa shape index (κ2) is 13.3. The van der Waals surface area contributed by atoms with Gasteiger partial charge in [0.25, 0.3) is 32.1 Å². The minimum absolute atomic E-state index is 0.231. The highest BCUT2D eigenvalue weighted by Gasteiger charge is 2.30. The van der Waals surface area contributed by atoms with E-state index in [1.54, 1.807) is 48.5 Å². The van der Waals surface area contributed by atoms with E-state index in [1.807, 2.05) is 41.5 Å². The highest BCUT2D eigenvalue weighted by atomic mass is 32.2. The Morgan fingerprint density at radius 1 is 0.659 bits per heavy atom. The van der Waals surface area contributed by atoms with Crippen molar-refractivity contribution in [2.24, 2.45) is 10.8 Å². The van der Waals surface area contributed by atoms with Crippen molar-refractivity contribution in [3.63, 3.8) is 0 Å². The molecule has 0 aliphatic carbocycles. The first-order chi connectivity index (χ1) is 18.7. The average molecular weight is 612 g/mol. The monoisotopic (exact) mass is 611 g/mol. The Kier molecular flexibility index (Phi) is 11.1. The van der Waals surface area contributed by atoms with Crippen LogP contribution in [-0.2, 0) is 28.6 Å². The predicted molar refractivity (Wildman–Crippen MR) is 159 cm³/mol. The molecule has 0 aromatic heterocycles. The first kappa shape index (κ1) is 34.2. The summed E-state index contributed by atoms with van der Waals surface area (Å²) in [5.74, 6) is -0.921. The van der Waals surface area contributed by atoms with Gasteiger partial charge in [-0.25, -0.2) is 0 Å². The SMILES string of the molecule is CC(C)(C)[C@@H](COS(C)(=O)=O)NC(=O)c1ccccc1Nc1ccccc1C(=O)N[C@H](COS(C)(=O)=O)C(C)(C)C. The zero-order chi connectivity index (χ0) is 31.2. The van der Waals surface area contributed by atoms with Crippen molar-refractivity contribution in [3.8, 4) is 0 Å². The Balaban J connectivity index is 2.33. The fraction of sp³-hybridized carbons (Fsp3) is 0.500. The number of amides is 2. The number of hydrogen-bond acceptors (Lipinski definition) is 9. The van der Waals surface area contributed by atoms with E-state index in [1.165, 1.54) is 0 Å². The van der Waals surface area contributed by atoms with Crippen LogP contribution in [0.25, 0.3) is 0 Å². The number of carbonyl (C=O) groups excluding carboxylic acids is 2. The van der Waals surface area contributed by atoms with Gasteiger partial charge in [-0.1, -0.05) is 65.8 Å². The second-order valence-electron chi connectivity index (χ2n) is 12.0. The minimum Gasteiger partial charge on any atom is -0.354 e. The van der Waals surface area contributed by atoms with E-state index in [2.05, 4.69) is 16.0 Å². The molecule has 228 valence electrons. The predicted octanol–water partition coefficient (Wildman–Crippen LogP) is 3.67. The van der Waals surface area contributed by atoms with E-state index in [0.29, 0.717) is 11.4 Å². The molecule has 0 spiro atoms. The third-order valence-electron chi connectivity index (χ3n) is 6.21. The lowest BCUT2D eigenvalue weighted by molar-refractivity contribution is 0.0861. The molecule has 0 saturated heterocycles. The van der Waals surface area contributed by atoms with Gasteiger partial charge in [0, 0.05) is 0 Å². The molecule has 2 aromatic carbocycles. The van der Waals surface area contributed by atoms with Crippen LogP contribution in [0.2, 0.25) is 0 Å². The summed E-state index contributed by atoms with van der Waals surface area (Å²) in [4.78, 5) is 26.7. The molecule has 0 heterocycles. The van der Waals surface area contributed by atoms with Crippen LogP contribution >= 0.6 is 0 Å². The Labute approximate surface area is 243 Å². The topological polar surface area (TPSA) is 157 Å². The Morgan fingerprint density at radius 3 is 1.27 bits per heavy atom.